The van der Waals surface area contributed by atoms with Crippen LogP contribution in [0.3, 0.4) is 0 Å². The first kappa shape index (κ1) is 13.1. The predicted octanol–water partition coefficient (Wildman–Crippen LogP) is 4.21. The number of carboxylic acid groups (broad SMARTS) is 1. The fourth-order valence-corrected chi connectivity index (χ4v) is 3.31. The van der Waals surface area contributed by atoms with E-state index in [2.05, 4.69) is 6.07 Å². The molecule has 1 heterocycles. The van der Waals surface area contributed by atoms with Crippen LogP contribution in [0, 0.1) is 13.8 Å². The van der Waals surface area contributed by atoms with Crippen molar-refractivity contribution in [2.75, 3.05) is 0 Å². The van der Waals surface area contributed by atoms with Crippen molar-refractivity contribution in [3.8, 4) is 0 Å². The number of aromatic carboxylic acids is 1. The SMILES string of the molecule is Cc1cc(C)c2nc(C3CCCC3)cc(C(=O)O)c2c1. The largest absolute Gasteiger partial charge is 0.478 e. The molecule has 1 aromatic heterocycles. The lowest BCUT2D eigenvalue weighted by Gasteiger charge is -2.13. The summed E-state index contributed by atoms with van der Waals surface area (Å²) in [6.45, 7) is 4.00. The Bertz CT molecular complexity index is 685. The Morgan fingerprint density at radius 2 is 1.90 bits per heavy atom. The summed E-state index contributed by atoms with van der Waals surface area (Å²) in [5, 5.41) is 10.3. The molecule has 20 heavy (non-hydrogen) atoms. The summed E-state index contributed by atoms with van der Waals surface area (Å²) in [5.41, 5.74) is 4.33. The minimum absolute atomic E-state index is 0.392. The second-order valence-electron chi connectivity index (χ2n) is 5.86. The topological polar surface area (TPSA) is 50.2 Å². The third kappa shape index (κ3) is 2.17. The number of nitrogens with zero attached hydrogens (tertiary/aromatic N) is 1. The van der Waals surface area contributed by atoms with Crippen LogP contribution < -0.4 is 0 Å². The highest BCUT2D eigenvalue weighted by Gasteiger charge is 2.22. The summed E-state index contributed by atoms with van der Waals surface area (Å²) >= 11 is 0. The highest BCUT2D eigenvalue weighted by Crippen LogP contribution is 2.35. The van der Waals surface area contributed by atoms with Crippen molar-refractivity contribution in [2.45, 2.75) is 45.4 Å². The Kier molecular flexibility index (Phi) is 3.20. The van der Waals surface area contributed by atoms with Gasteiger partial charge < -0.3 is 5.11 Å². The van der Waals surface area contributed by atoms with Crippen LogP contribution in [0.25, 0.3) is 10.9 Å². The number of fused-ring (bicyclic) bond motifs is 1. The van der Waals surface area contributed by atoms with Gasteiger partial charge >= 0.3 is 5.97 Å². The molecule has 0 amide bonds. The number of hydrogen-bond acceptors (Lipinski definition) is 2. The van der Waals surface area contributed by atoms with Gasteiger partial charge in [-0.1, -0.05) is 24.5 Å². The number of carboxylic acids is 1. The van der Waals surface area contributed by atoms with Gasteiger partial charge in [0.2, 0.25) is 0 Å². The lowest BCUT2D eigenvalue weighted by atomic mass is 9.97. The first-order valence-electron chi connectivity index (χ1n) is 7.21. The summed E-state index contributed by atoms with van der Waals surface area (Å²) in [7, 11) is 0. The number of benzene rings is 1. The summed E-state index contributed by atoms with van der Waals surface area (Å²) < 4.78 is 0. The van der Waals surface area contributed by atoms with Gasteiger partial charge in [-0.2, -0.15) is 0 Å². The number of aromatic nitrogens is 1. The van der Waals surface area contributed by atoms with E-state index in [-0.39, 0.29) is 0 Å². The van der Waals surface area contributed by atoms with Crippen LogP contribution in [0.2, 0.25) is 0 Å². The molecule has 3 rings (SSSR count). The number of pyridine rings is 1. The van der Waals surface area contributed by atoms with Crippen molar-refractivity contribution in [2.24, 2.45) is 0 Å². The van der Waals surface area contributed by atoms with Crippen LogP contribution in [0.4, 0.5) is 0 Å². The van der Waals surface area contributed by atoms with E-state index in [0.717, 1.165) is 40.6 Å². The van der Waals surface area contributed by atoms with E-state index < -0.39 is 5.97 Å². The molecule has 1 aliphatic rings. The molecule has 104 valence electrons. The Morgan fingerprint density at radius 3 is 2.55 bits per heavy atom. The minimum atomic E-state index is -0.860. The van der Waals surface area contributed by atoms with Crippen LogP contribution in [-0.4, -0.2) is 16.1 Å². The van der Waals surface area contributed by atoms with Crippen LogP contribution >= 0.6 is 0 Å². The zero-order valence-corrected chi connectivity index (χ0v) is 11.9. The molecule has 0 bridgehead atoms. The molecular formula is C17H19NO2. The van der Waals surface area contributed by atoms with Gasteiger partial charge in [0.05, 0.1) is 11.1 Å². The molecule has 0 radical (unpaired) electrons. The molecule has 1 fully saturated rings. The van der Waals surface area contributed by atoms with E-state index >= 15 is 0 Å². The maximum atomic E-state index is 11.6. The summed E-state index contributed by atoms with van der Waals surface area (Å²) in [5.74, 6) is -0.431. The van der Waals surface area contributed by atoms with Gasteiger partial charge in [-0.25, -0.2) is 4.79 Å². The summed E-state index contributed by atoms with van der Waals surface area (Å²) in [6.07, 6.45) is 4.70. The molecule has 1 N–H and O–H groups in total. The van der Waals surface area contributed by atoms with Gasteiger partial charge in [-0.3, -0.25) is 4.98 Å². The number of hydrogen-bond donors (Lipinski definition) is 1. The lowest BCUT2D eigenvalue weighted by molar-refractivity contribution is 0.0699. The third-order valence-electron chi connectivity index (χ3n) is 4.27. The highest BCUT2D eigenvalue weighted by atomic mass is 16.4. The van der Waals surface area contributed by atoms with Crippen molar-refractivity contribution in [3.63, 3.8) is 0 Å². The molecule has 0 atom stereocenters. The average Bonchev–Trinajstić information content (AvgIpc) is 2.91. The number of carbonyl (C=O) groups is 1. The Balaban J connectivity index is 2.27. The standard InChI is InChI=1S/C17H19NO2/c1-10-7-11(2)16-13(8-10)14(17(19)20)9-15(18-16)12-5-3-4-6-12/h7-9,12H,3-6H2,1-2H3,(H,19,20). The normalized spacial score (nSPS) is 15.9. The van der Waals surface area contributed by atoms with E-state index in [9.17, 15) is 9.90 Å². The fraction of sp³-hybridized carbons (Fsp3) is 0.412. The van der Waals surface area contributed by atoms with Crippen LogP contribution in [0.15, 0.2) is 18.2 Å². The van der Waals surface area contributed by atoms with Crippen LogP contribution in [-0.2, 0) is 0 Å². The average molecular weight is 269 g/mol. The zero-order chi connectivity index (χ0) is 14.3. The molecule has 0 aliphatic heterocycles. The van der Waals surface area contributed by atoms with Crippen LogP contribution in [0.1, 0.15) is 58.8 Å². The fourth-order valence-electron chi connectivity index (χ4n) is 3.31. The predicted molar refractivity (Wildman–Crippen MR) is 79.4 cm³/mol. The van der Waals surface area contributed by atoms with Crippen LogP contribution in [0.5, 0.6) is 0 Å². The smallest absolute Gasteiger partial charge is 0.336 e. The molecule has 0 saturated heterocycles. The lowest BCUT2D eigenvalue weighted by Crippen LogP contribution is -2.05. The van der Waals surface area contributed by atoms with Gasteiger partial charge in [0.1, 0.15) is 0 Å². The monoisotopic (exact) mass is 269 g/mol. The molecule has 1 aromatic carbocycles. The maximum absolute atomic E-state index is 11.6. The second kappa shape index (κ2) is 4.89. The highest BCUT2D eigenvalue weighted by molar-refractivity contribution is 6.03. The number of rotatable bonds is 2. The summed E-state index contributed by atoms with van der Waals surface area (Å²) in [4.78, 5) is 16.4. The first-order valence-corrected chi connectivity index (χ1v) is 7.21. The Hall–Kier alpha value is -1.90. The van der Waals surface area contributed by atoms with Crippen molar-refractivity contribution in [3.05, 3.63) is 40.6 Å². The molecule has 1 aliphatic carbocycles. The molecule has 0 unspecified atom stereocenters. The second-order valence-corrected chi connectivity index (χ2v) is 5.86. The van der Waals surface area contributed by atoms with E-state index in [1.165, 1.54) is 12.8 Å². The first-order chi connectivity index (χ1) is 9.56. The zero-order valence-electron chi connectivity index (χ0n) is 11.9. The van der Waals surface area contributed by atoms with E-state index in [1.807, 2.05) is 19.9 Å². The van der Waals surface area contributed by atoms with Crippen molar-refractivity contribution in [1.29, 1.82) is 0 Å². The Labute approximate surface area is 118 Å². The van der Waals surface area contributed by atoms with Crippen molar-refractivity contribution in [1.82, 2.24) is 4.98 Å². The van der Waals surface area contributed by atoms with Gasteiger partial charge in [0, 0.05) is 17.0 Å². The third-order valence-corrected chi connectivity index (χ3v) is 4.27. The number of aryl methyl sites for hydroxylation is 2. The van der Waals surface area contributed by atoms with Gasteiger partial charge in [0.25, 0.3) is 0 Å². The molecule has 2 aromatic rings. The van der Waals surface area contributed by atoms with E-state index in [4.69, 9.17) is 4.98 Å². The minimum Gasteiger partial charge on any atom is -0.478 e. The molecule has 1 saturated carbocycles. The molecule has 3 nitrogen and oxygen atoms in total. The van der Waals surface area contributed by atoms with Gasteiger partial charge in [-0.15, -0.1) is 0 Å². The quantitative estimate of drug-likeness (QED) is 0.888. The molecule has 3 heteroatoms. The van der Waals surface area contributed by atoms with Gasteiger partial charge in [0.15, 0.2) is 0 Å². The maximum Gasteiger partial charge on any atom is 0.336 e. The van der Waals surface area contributed by atoms with E-state index in [0.29, 0.717) is 11.5 Å². The Morgan fingerprint density at radius 1 is 1.20 bits per heavy atom. The molecule has 0 spiro atoms. The van der Waals surface area contributed by atoms with Crippen molar-refractivity contribution >= 4 is 16.9 Å². The van der Waals surface area contributed by atoms with Gasteiger partial charge in [-0.05, 0) is 44.4 Å². The van der Waals surface area contributed by atoms with Crippen molar-refractivity contribution < 1.29 is 9.90 Å². The summed E-state index contributed by atoms with van der Waals surface area (Å²) in [6, 6.07) is 5.79. The molecular weight excluding hydrogens is 250 g/mol. The van der Waals surface area contributed by atoms with E-state index in [1.54, 1.807) is 6.07 Å².